The normalized spacial score (nSPS) is 51.2. The predicted molar refractivity (Wildman–Crippen MR) is 147 cm³/mol. The van der Waals surface area contributed by atoms with Crippen LogP contribution in [0.2, 0.25) is 0 Å². The van der Waals surface area contributed by atoms with E-state index in [4.69, 9.17) is 23.7 Å². The van der Waals surface area contributed by atoms with Gasteiger partial charge in [0.2, 0.25) is 0 Å². The smallest absolute Gasteiger partial charge is 0.331 e. The van der Waals surface area contributed by atoms with E-state index in [-0.39, 0.29) is 60.4 Å². The molecule has 0 spiro atoms. The average Bonchev–Trinajstić information content (AvgIpc) is 3.42. The summed E-state index contributed by atoms with van der Waals surface area (Å²) in [6.07, 6.45) is 7.14. The van der Waals surface area contributed by atoms with Crippen molar-refractivity contribution < 1.29 is 43.5 Å². The first kappa shape index (κ1) is 29.5. The Morgan fingerprint density at radius 3 is 2.54 bits per heavy atom. The van der Waals surface area contributed by atoms with Gasteiger partial charge < -0.3 is 33.9 Å². The molecule has 0 aromatic rings. The van der Waals surface area contributed by atoms with Gasteiger partial charge in [0.1, 0.15) is 18.8 Å². The fourth-order valence-electron chi connectivity index (χ4n) is 10.4. The molecule has 9 nitrogen and oxygen atoms in total. The number of hydrogen-bond acceptors (Lipinski definition) is 9. The number of hydrogen-bond donors (Lipinski definition) is 2. The summed E-state index contributed by atoms with van der Waals surface area (Å²) >= 11 is 0. The van der Waals surface area contributed by atoms with Crippen LogP contribution < -0.4 is 0 Å². The minimum atomic E-state index is -0.990. The lowest BCUT2D eigenvalue weighted by molar-refractivity contribution is -0.273. The Bertz CT molecular complexity index is 1080. The van der Waals surface area contributed by atoms with Gasteiger partial charge in [-0.2, -0.15) is 0 Å². The Balaban J connectivity index is 1.19. The molecule has 0 amide bonds. The molecule has 2 aliphatic heterocycles. The molecular weight excluding hydrogens is 528 g/mol. The standard InChI is InChI=1S/C32H48O9/c1-17-29(35)24(37-5)14-27(39-17)41-21-8-10-30(3)20(13-21)6-7-23-22(30)9-11-31(4)28(19-12-26(34)38-16-19)25(40-18(2)33)15-32(23,31)36/h12,17,20-25,27-29,35-36H,6-11,13-16H2,1-5H3/t17-,20+,21-,22?,23?,24-,25-,27-,28?,29-,30-,31+,32-/m0/s1. The van der Waals surface area contributed by atoms with E-state index in [9.17, 15) is 19.8 Å². The molecule has 4 aliphatic carbocycles. The van der Waals surface area contributed by atoms with E-state index in [0.717, 1.165) is 50.5 Å². The van der Waals surface area contributed by atoms with Gasteiger partial charge in [-0.25, -0.2) is 4.79 Å². The Morgan fingerprint density at radius 2 is 1.85 bits per heavy atom. The average molecular weight is 577 g/mol. The molecule has 13 atom stereocenters. The first-order valence-electron chi connectivity index (χ1n) is 15.7. The molecule has 4 saturated carbocycles. The predicted octanol–water partition coefficient (Wildman–Crippen LogP) is 3.68. The van der Waals surface area contributed by atoms with E-state index in [1.165, 1.54) is 6.92 Å². The van der Waals surface area contributed by atoms with Gasteiger partial charge in [0, 0.05) is 44.3 Å². The first-order chi connectivity index (χ1) is 19.4. The zero-order valence-corrected chi connectivity index (χ0v) is 25.2. The molecule has 3 unspecified atom stereocenters. The third-order valence-corrected chi connectivity index (χ3v) is 12.5. The van der Waals surface area contributed by atoms with Crippen molar-refractivity contribution in [3.05, 3.63) is 11.6 Å². The largest absolute Gasteiger partial charge is 0.462 e. The molecule has 6 aliphatic rings. The zero-order valence-electron chi connectivity index (χ0n) is 25.2. The van der Waals surface area contributed by atoms with Gasteiger partial charge in [-0.1, -0.05) is 13.8 Å². The number of rotatable bonds is 5. The van der Waals surface area contributed by atoms with Gasteiger partial charge >= 0.3 is 11.9 Å². The Kier molecular flexibility index (Phi) is 7.62. The van der Waals surface area contributed by atoms with E-state index in [1.807, 2.05) is 6.92 Å². The Hall–Kier alpha value is -1.52. The number of carbonyl (C=O) groups is 2. The molecule has 2 N–H and O–H groups in total. The zero-order chi connectivity index (χ0) is 29.3. The highest BCUT2D eigenvalue weighted by atomic mass is 16.7. The van der Waals surface area contributed by atoms with Crippen LogP contribution >= 0.6 is 0 Å². The fraction of sp³-hybridized carbons (Fsp3) is 0.875. The number of fused-ring (bicyclic) bond motifs is 5. The van der Waals surface area contributed by atoms with Gasteiger partial charge in [0.15, 0.2) is 6.29 Å². The Morgan fingerprint density at radius 1 is 1.07 bits per heavy atom. The van der Waals surface area contributed by atoms with Crippen LogP contribution in [-0.4, -0.2) is 78.3 Å². The second-order valence-electron chi connectivity index (χ2n) is 14.3. The highest BCUT2D eigenvalue weighted by molar-refractivity contribution is 5.85. The second-order valence-corrected chi connectivity index (χ2v) is 14.3. The first-order valence-corrected chi connectivity index (χ1v) is 15.7. The van der Waals surface area contributed by atoms with Crippen LogP contribution in [0.1, 0.15) is 85.5 Å². The van der Waals surface area contributed by atoms with Crippen molar-refractivity contribution in [1.29, 1.82) is 0 Å². The van der Waals surface area contributed by atoms with Crippen LogP contribution in [0.4, 0.5) is 0 Å². The van der Waals surface area contributed by atoms with Crippen LogP contribution in [0.5, 0.6) is 0 Å². The lowest BCUT2D eigenvalue weighted by atomic mass is 9.43. The number of aliphatic hydroxyl groups is 2. The molecule has 41 heavy (non-hydrogen) atoms. The van der Waals surface area contributed by atoms with E-state index in [0.29, 0.717) is 24.7 Å². The van der Waals surface area contributed by atoms with Crippen molar-refractivity contribution in [2.24, 2.45) is 34.5 Å². The molecule has 0 bridgehead atoms. The summed E-state index contributed by atoms with van der Waals surface area (Å²) in [5.74, 6) is 0.0175. The molecular formula is C32H48O9. The van der Waals surface area contributed by atoms with Crippen LogP contribution in [0.3, 0.4) is 0 Å². The third kappa shape index (κ3) is 4.69. The molecule has 1 saturated heterocycles. The number of carbonyl (C=O) groups excluding carboxylic acids is 2. The summed E-state index contributed by atoms with van der Waals surface area (Å²) in [6, 6.07) is 0. The summed E-state index contributed by atoms with van der Waals surface area (Å²) in [5, 5.41) is 23.0. The van der Waals surface area contributed by atoms with Crippen molar-refractivity contribution in [2.45, 2.75) is 128 Å². The van der Waals surface area contributed by atoms with Gasteiger partial charge in [-0.3, -0.25) is 4.79 Å². The summed E-state index contributed by atoms with van der Waals surface area (Å²) < 4.78 is 29.1. The van der Waals surface area contributed by atoms with E-state index < -0.39 is 23.2 Å². The van der Waals surface area contributed by atoms with Crippen molar-refractivity contribution in [1.82, 2.24) is 0 Å². The number of methoxy groups -OCH3 is 1. The molecule has 230 valence electrons. The van der Waals surface area contributed by atoms with E-state index in [2.05, 4.69) is 13.8 Å². The summed E-state index contributed by atoms with van der Waals surface area (Å²) in [6.45, 7) is 8.06. The molecule has 0 aromatic heterocycles. The monoisotopic (exact) mass is 576 g/mol. The van der Waals surface area contributed by atoms with Crippen molar-refractivity contribution in [3.63, 3.8) is 0 Å². The molecule has 2 heterocycles. The number of aliphatic hydroxyl groups excluding tert-OH is 1. The minimum absolute atomic E-state index is 0.0898. The summed E-state index contributed by atoms with van der Waals surface area (Å²) in [5.41, 5.74) is -0.559. The summed E-state index contributed by atoms with van der Waals surface area (Å²) in [4.78, 5) is 24.2. The summed E-state index contributed by atoms with van der Waals surface area (Å²) in [7, 11) is 1.62. The van der Waals surface area contributed by atoms with Crippen LogP contribution in [0.25, 0.3) is 0 Å². The number of esters is 2. The highest BCUT2D eigenvalue weighted by Gasteiger charge is 2.71. The van der Waals surface area contributed by atoms with Gasteiger partial charge in [-0.05, 0) is 80.6 Å². The lowest BCUT2D eigenvalue weighted by Crippen LogP contribution is -2.62. The molecule has 9 heteroatoms. The SMILES string of the molecule is CO[C@H]1C[C@H](O[C@H]2CC[C@]3(C)C4CC[C@]5(C)C(C6=CC(=O)OC6)[C@@H](OC(C)=O)C[C@]5(O)C4CC[C@@H]3C2)O[C@@H](C)[C@@H]1O. The van der Waals surface area contributed by atoms with Gasteiger partial charge in [-0.15, -0.1) is 0 Å². The third-order valence-electron chi connectivity index (χ3n) is 12.5. The van der Waals surface area contributed by atoms with E-state index in [1.54, 1.807) is 13.2 Å². The number of cyclic esters (lactones) is 1. The van der Waals surface area contributed by atoms with Crippen molar-refractivity contribution >= 4 is 11.9 Å². The van der Waals surface area contributed by atoms with Gasteiger partial charge in [0.05, 0.1) is 23.9 Å². The van der Waals surface area contributed by atoms with Gasteiger partial charge in [0.25, 0.3) is 0 Å². The maximum atomic E-state index is 12.7. The van der Waals surface area contributed by atoms with Crippen molar-refractivity contribution in [3.8, 4) is 0 Å². The molecule has 0 aromatic carbocycles. The van der Waals surface area contributed by atoms with Crippen molar-refractivity contribution in [2.75, 3.05) is 13.7 Å². The fourth-order valence-corrected chi connectivity index (χ4v) is 10.4. The topological polar surface area (TPSA) is 121 Å². The second kappa shape index (κ2) is 10.6. The quantitative estimate of drug-likeness (QED) is 0.373. The Labute approximate surface area is 243 Å². The minimum Gasteiger partial charge on any atom is -0.462 e. The molecule has 5 fully saturated rings. The maximum absolute atomic E-state index is 12.7. The van der Waals surface area contributed by atoms with Crippen LogP contribution in [-0.2, 0) is 33.3 Å². The maximum Gasteiger partial charge on any atom is 0.331 e. The number of ether oxygens (including phenoxy) is 5. The molecule has 6 rings (SSSR count). The lowest BCUT2D eigenvalue weighted by Gasteiger charge is -2.63. The van der Waals surface area contributed by atoms with E-state index >= 15 is 0 Å². The van der Waals surface area contributed by atoms with Crippen LogP contribution in [0, 0.1) is 34.5 Å². The van der Waals surface area contributed by atoms with Crippen LogP contribution in [0.15, 0.2) is 11.6 Å². The molecule has 0 radical (unpaired) electrons. The highest BCUT2D eigenvalue weighted by Crippen LogP contribution is 2.70.